The fourth-order valence-electron chi connectivity index (χ4n) is 0.880. The van der Waals surface area contributed by atoms with Crippen molar-refractivity contribution in [1.82, 2.24) is 4.98 Å². The molecule has 1 heterocycles. The molecule has 0 amide bonds. The second kappa shape index (κ2) is 3.97. The molecule has 0 radical (unpaired) electrons. The van der Waals surface area contributed by atoms with Gasteiger partial charge in [0.25, 0.3) is 0 Å². The number of halogens is 1. The third kappa shape index (κ3) is 4.13. The van der Waals surface area contributed by atoms with E-state index in [0.29, 0.717) is 5.15 Å². The number of nitrogens with one attached hydrogen (secondary N) is 1. The number of aromatic nitrogens is 1. The summed E-state index contributed by atoms with van der Waals surface area (Å²) in [6, 6.07) is 3.74. The lowest BCUT2D eigenvalue weighted by Crippen LogP contribution is -2.18. The van der Waals surface area contributed by atoms with Crippen molar-refractivity contribution in [3.63, 3.8) is 0 Å². The van der Waals surface area contributed by atoms with Crippen LogP contribution in [0.25, 0.3) is 0 Å². The molecule has 0 spiro atoms. The monoisotopic (exact) mass is 198 g/mol. The first-order valence-electron chi connectivity index (χ1n) is 4.33. The number of nitrogens with zero attached hydrogens (tertiary/aromatic N) is 1. The predicted octanol–water partition coefficient (Wildman–Crippen LogP) is 3.19. The maximum absolute atomic E-state index is 5.74. The standard InChI is InChI=1S/C10H15ClN2/c1-10(2,3)7-13-8-4-5-12-9(11)6-8/h4-6H,7H2,1-3H3,(H,12,13). The molecule has 1 rings (SSSR count). The summed E-state index contributed by atoms with van der Waals surface area (Å²) < 4.78 is 0. The van der Waals surface area contributed by atoms with Gasteiger partial charge in [0.1, 0.15) is 5.15 Å². The Morgan fingerprint density at radius 1 is 1.46 bits per heavy atom. The van der Waals surface area contributed by atoms with Crippen molar-refractivity contribution in [1.29, 1.82) is 0 Å². The van der Waals surface area contributed by atoms with Gasteiger partial charge in [0.15, 0.2) is 0 Å². The molecule has 2 nitrogen and oxygen atoms in total. The number of hydrogen-bond acceptors (Lipinski definition) is 2. The van der Waals surface area contributed by atoms with E-state index in [9.17, 15) is 0 Å². The van der Waals surface area contributed by atoms with Crippen LogP contribution in [-0.2, 0) is 0 Å². The normalized spacial score (nSPS) is 11.4. The van der Waals surface area contributed by atoms with E-state index in [-0.39, 0.29) is 5.41 Å². The Kier molecular flexibility index (Phi) is 3.15. The van der Waals surface area contributed by atoms with Gasteiger partial charge in [0.2, 0.25) is 0 Å². The Morgan fingerprint density at radius 3 is 2.69 bits per heavy atom. The van der Waals surface area contributed by atoms with E-state index in [4.69, 9.17) is 11.6 Å². The van der Waals surface area contributed by atoms with E-state index in [1.807, 2.05) is 12.1 Å². The van der Waals surface area contributed by atoms with Crippen molar-refractivity contribution in [3.05, 3.63) is 23.5 Å². The van der Waals surface area contributed by atoms with E-state index in [1.54, 1.807) is 6.20 Å². The summed E-state index contributed by atoms with van der Waals surface area (Å²) in [5, 5.41) is 3.83. The van der Waals surface area contributed by atoms with Gasteiger partial charge in [-0.2, -0.15) is 0 Å². The molecule has 0 fully saturated rings. The van der Waals surface area contributed by atoms with Crippen LogP contribution in [0.5, 0.6) is 0 Å². The summed E-state index contributed by atoms with van der Waals surface area (Å²) >= 11 is 5.74. The van der Waals surface area contributed by atoms with Crippen LogP contribution in [0.2, 0.25) is 5.15 Å². The van der Waals surface area contributed by atoms with E-state index in [2.05, 4.69) is 31.1 Å². The Morgan fingerprint density at radius 2 is 2.15 bits per heavy atom. The van der Waals surface area contributed by atoms with Crippen LogP contribution < -0.4 is 5.32 Å². The Balaban J connectivity index is 2.55. The number of hydrogen-bond donors (Lipinski definition) is 1. The highest BCUT2D eigenvalue weighted by atomic mass is 35.5. The van der Waals surface area contributed by atoms with Gasteiger partial charge in [-0.1, -0.05) is 32.4 Å². The number of pyridine rings is 1. The molecule has 0 saturated heterocycles. The van der Waals surface area contributed by atoms with Crippen LogP contribution in [0.1, 0.15) is 20.8 Å². The maximum Gasteiger partial charge on any atom is 0.131 e. The molecule has 13 heavy (non-hydrogen) atoms. The van der Waals surface area contributed by atoms with Gasteiger partial charge in [0, 0.05) is 18.4 Å². The van der Waals surface area contributed by atoms with Gasteiger partial charge < -0.3 is 5.32 Å². The highest BCUT2D eigenvalue weighted by Crippen LogP contribution is 2.16. The fourth-order valence-corrected chi connectivity index (χ4v) is 1.05. The van der Waals surface area contributed by atoms with Gasteiger partial charge in [0.05, 0.1) is 0 Å². The second-order valence-corrected chi connectivity index (χ2v) is 4.67. The van der Waals surface area contributed by atoms with Crippen molar-refractivity contribution in [3.8, 4) is 0 Å². The molecule has 0 bridgehead atoms. The first-order chi connectivity index (χ1) is 5.97. The lowest BCUT2D eigenvalue weighted by atomic mass is 9.97. The average Bonchev–Trinajstić information content (AvgIpc) is 2.00. The summed E-state index contributed by atoms with van der Waals surface area (Å²) in [6.07, 6.45) is 1.70. The zero-order chi connectivity index (χ0) is 9.90. The minimum atomic E-state index is 0.274. The summed E-state index contributed by atoms with van der Waals surface area (Å²) in [5.74, 6) is 0. The first kappa shape index (κ1) is 10.3. The highest BCUT2D eigenvalue weighted by molar-refractivity contribution is 6.29. The lowest BCUT2D eigenvalue weighted by Gasteiger charge is -2.19. The SMILES string of the molecule is CC(C)(C)CNc1ccnc(Cl)c1. The molecule has 1 aromatic rings. The molecule has 0 aliphatic carbocycles. The summed E-state index contributed by atoms with van der Waals surface area (Å²) in [4.78, 5) is 3.91. The van der Waals surface area contributed by atoms with Crippen molar-refractivity contribution in [2.24, 2.45) is 5.41 Å². The van der Waals surface area contributed by atoms with E-state index in [0.717, 1.165) is 12.2 Å². The van der Waals surface area contributed by atoms with Crippen LogP contribution >= 0.6 is 11.6 Å². The van der Waals surface area contributed by atoms with Crippen molar-refractivity contribution in [2.45, 2.75) is 20.8 Å². The zero-order valence-corrected chi connectivity index (χ0v) is 9.02. The number of rotatable bonds is 2. The molecule has 0 saturated carbocycles. The topological polar surface area (TPSA) is 24.9 Å². The molecule has 0 atom stereocenters. The third-order valence-corrected chi connectivity index (χ3v) is 1.76. The lowest BCUT2D eigenvalue weighted by molar-refractivity contribution is 0.443. The van der Waals surface area contributed by atoms with Crippen LogP contribution in [-0.4, -0.2) is 11.5 Å². The van der Waals surface area contributed by atoms with Crippen LogP contribution in [0.4, 0.5) is 5.69 Å². The van der Waals surface area contributed by atoms with Gasteiger partial charge in [-0.05, 0) is 17.5 Å². The molecule has 0 aromatic carbocycles. The van der Waals surface area contributed by atoms with Crippen LogP contribution in [0.15, 0.2) is 18.3 Å². The average molecular weight is 199 g/mol. The number of anilines is 1. The predicted molar refractivity (Wildman–Crippen MR) is 57.2 cm³/mol. The van der Waals surface area contributed by atoms with E-state index >= 15 is 0 Å². The minimum absolute atomic E-state index is 0.274. The van der Waals surface area contributed by atoms with Crippen LogP contribution in [0.3, 0.4) is 0 Å². The molecule has 0 aliphatic heterocycles. The van der Waals surface area contributed by atoms with Crippen molar-refractivity contribution in [2.75, 3.05) is 11.9 Å². The second-order valence-electron chi connectivity index (χ2n) is 4.28. The van der Waals surface area contributed by atoms with Crippen LogP contribution in [0, 0.1) is 5.41 Å². The Bertz CT molecular complexity index is 278. The van der Waals surface area contributed by atoms with Gasteiger partial charge in [-0.25, -0.2) is 4.98 Å². The van der Waals surface area contributed by atoms with E-state index < -0.39 is 0 Å². The molecule has 0 unspecified atom stereocenters. The molecular formula is C10H15ClN2. The summed E-state index contributed by atoms with van der Waals surface area (Å²) in [6.45, 7) is 7.47. The zero-order valence-electron chi connectivity index (χ0n) is 8.26. The highest BCUT2D eigenvalue weighted by Gasteiger charge is 2.09. The summed E-state index contributed by atoms with van der Waals surface area (Å²) in [5.41, 5.74) is 1.30. The smallest absolute Gasteiger partial charge is 0.131 e. The van der Waals surface area contributed by atoms with E-state index in [1.165, 1.54) is 0 Å². The van der Waals surface area contributed by atoms with Gasteiger partial charge in [-0.3, -0.25) is 0 Å². The Labute approximate surface area is 84.3 Å². The quantitative estimate of drug-likeness (QED) is 0.739. The fraction of sp³-hybridized carbons (Fsp3) is 0.500. The maximum atomic E-state index is 5.74. The minimum Gasteiger partial charge on any atom is -0.384 e. The van der Waals surface area contributed by atoms with Crippen molar-refractivity contribution >= 4 is 17.3 Å². The molecule has 1 aromatic heterocycles. The van der Waals surface area contributed by atoms with Gasteiger partial charge in [-0.15, -0.1) is 0 Å². The molecule has 0 aliphatic rings. The molecule has 3 heteroatoms. The molecule has 1 N–H and O–H groups in total. The largest absolute Gasteiger partial charge is 0.384 e. The summed E-state index contributed by atoms with van der Waals surface area (Å²) in [7, 11) is 0. The molecule has 72 valence electrons. The van der Waals surface area contributed by atoms with Crippen molar-refractivity contribution < 1.29 is 0 Å². The third-order valence-electron chi connectivity index (χ3n) is 1.55. The van der Waals surface area contributed by atoms with Gasteiger partial charge >= 0.3 is 0 Å². The Hall–Kier alpha value is -0.760. The first-order valence-corrected chi connectivity index (χ1v) is 4.71. The molecular weight excluding hydrogens is 184 g/mol.